The van der Waals surface area contributed by atoms with E-state index in [9.17, 15) is 23.8 Å². The lowest BCUT2D eigenvalue weighted by molar-refractivity contribution is -0.384. The predicted octanol–water partition coefficient (Wildman–Crippen LogP) is 5.72. The smallest absolute Gasteiger partial charge is 0.270 e. The van der Waals surface area contributed by atoms with E-state index in [1.54, 1.807) is 24.3 Å². The van der Waals surface area contributed by atoms with Crippen molar-refractivity contribution in [2.75, 3.05) is 0 Å². The highest BCUT2D eigenvalue weighted by Gasteiger charge is 2.21. The summed E-state index contributed by atoms with van der Waals surface area (Å²) in [5.74, 6) is 0.513. The van der Waals surface area contributed by atoms with Crippen molar-refractivity contribution in [3.63, 3.8) is 0 Å². The molecule has 0 atom stereocenters. The molecule has 0 saturated carbocycles. The maximum atomic E-state index is 12.7. The zero-order valence-corrected chi connectivity index (χ0v) is 18.4. The third-order valence-electron chi connectivity index (χ3n) is 3.85. The molecular formula is C19H10Br2N2O5S. The predicted molar refractivity (Wildman–Crippen MR) is 113 cm³/mol. The molecule has 146 valence electrons. The van der Waals surface area contributed by atoms with Crippen molar-refractivity contribution in [1.29, 1.82) is 5.26 Å². The Kier molecular flexibility index (Phi) is 6.02. The minimum absolute atomic E-state index is 0.0154. The van der Waals surface area contributed by atoms with Gasteiger partial charge in [0.25, 0.3) is 5.69 Å². The molecule has 0 aliphatic carbocycles. The first kappa shape index (κ1) is 21.0. The van der Waals surface area contributed by atoms with Gasteiger partial charge in [-0.2, -0.15) is 5.26 Å². The largest absolute Gasteiger partial charge is 0.457 e. The number of nitro benzene ring substituents is 1. The number of allylic oxidation sites excluding steroid dienone is 1. The van der Waals surface area contributed by atoms with Gasteiger partial charge >= 0.3 is 0 Å². The van der Waals surface area contributed by atoms with Gasteiger partial charge in [0.05, 0.1) is 9.82 Å². The summed E-state index contributed by atoms with van der Waals surface area (Å²) < 4.78 is 32.2. The van der Waals surface area contributed by atoms with E-state index < -0.39 is 19.7 Å². The molecule has 0 bridgehead atoms. The molecule has 10 heteroatoms. The lowest BCUT2D eigenvalue weighted by Gasteiger charge is -2.03. The Balaban J connectivity index is 1.97. The first-order valence-corrected chi connectivity index (χ1v) is 11.0. The Hall–Kier alpha value is -2.74. The number of nitrogens with zero attached hydrogens (tertiary/aromatic N) is 2. The Labute approximate surface area is 182 Å². The third kappa shape index (κ3) is 4.48. The quantitative estimate of drug-likeness (QED) is 0.233. The maximum Gasteiger partial charge on any atom is 0.270 e. The van der Waals surface area contributed by atoms with E-state index in [2.05, 4.69) is 31.9 Å². The van der Waals surface area contributed by atoms with E-state index in [0.29, 0.717) is 20.3 Å². The molecule has 0 N–H and O–H groups in total. The van der Waals surface area contributed by atoms with Crippen LogP contribution in [0.3, 0.4) is 0 Å². The van der Waals surface area contributed by atoms with Crippen molar-refractivity contribution in [1.82, 2.24) is 0 Å². The highest BCUT2D eigenvalue weighted by Crippen LogP contribution is 2.33. The van der Waals surface area contributed by atoms with E-state index in [0.717, 1.165) is 6.08 Å². The molecule has 0 amide bonds. The molecule has 3 rings (SSSR count). The molecule has 0 spiro atoms. The van der Waals surface area contributed by atoms with Gasteiger partial charge < -0.3 is 4.42 Å². The summed E-state index contributed by atoms with van der Waals surface area (Å²) in [6, 6.07) is 14.9. The molecule has 0 radical (unpaired) electrons. The molecule has 3 aromatic rings. The first-order chi connectivity index (χ1) is 13.7. The number of hydrogen-bond acceptors (Lipinski definition) is 6. The van der Waals surface area contributed by atoms with Crippen LogP contribution in [0, 0.1) is 21.4 Å². The number of halogens is 2. The number of rotatable bonds is 5. The fourth-order valence-corrected chi connectivity index (χ4v) is 4.40. The van der Waals surface area contributed by atoms with Crippen LogP contribution in [0.25, 0.3) is 17.4 Å². The standard InChI is InChI=1S/C19H10Br2N2O5S/c20-12-1-5-15(6-2-12)29(26,27)16(11-22)10-14-4-8-19(28-14)17-7-3-13(23(24)25)9-18(17)21/h1-10H/b16-10-. The van der Waals surface area contributed by atoms with Gasteiger partial charge in [0.1, 0.15) is 17.6 Å². The molecule has 7 nitrogen and oxygen atoms in total. The zero-order chi connectivity index (χ0) is 21.2. The van der Waals surface area contributed by atoms with Gasteiger partial charge in [0.2, 0.25) is 9.84 Å². The molecule has 0 aliphatic rings. The zero-order valence-electron chi connectivity index (χ0n) is 14.4. The minimum Gasteiger partial charge on any atom is -0.457 e. The normalized spacial score (nSPS) is 11.8. The summed E-state index contributed by atoms with van der Waals surface area (Å²) in [6.07, 6.45) is 1.14. The number of nitro groups is 1. The Morgan fingerprint density at radius 2 is 1.79 bits per heavy atom. The van der Waals surface area contributed by atoms with Gasteiger partial charge in [0, 0.05) is 32.7 Å². The van der Waals surface area contributed by atoms with Crippen LogP contribution in [0.2, 0.25) is 0 Å². The average molecular weight is 538 g/mol. The summed E-state index contributed by atoms with van der Waals surface area (Å²) in [4.78, 5) is 9.85. The number of non-ortho nitro benzene ring substituents is 1. The molecule has 0 fully saturated rings. The molecule has 2 aromatic carbocycles. The van der Waals surface area contributed by atoms with Gasteiger partial charge in [0.15, 0.2) is 4.91 Å². The van der Waals surface area contributed by atoms with Crippen LogP contribution in [-0.2, 0) is 9.84 Å². The molecule has 0 unspecified atom stereocenters. The van der Waals surface area contributed by atoms with Crippen LogP contribution in [0.15, 0.2) is 77.8 Å². The van der Waals surface area contributed by atoms with Gasteiger partial charge in [-0.3, -0.25) is 10.1 Å². The van der Waals surface area contributed by atoms with E-state index in [-0.39, 0.29) is 16.3 Å². The van der Waals surface area contributed by atoms with Crippen molar-refractivity contribution in [2.24, 2.45) is 0 Å². The van der Waals surface area contributed by atoms with E-state index >= 15 is 0 Å². The second kappa shape index (κ2) is 8.32. The van der Waals surface area contributed by atoms with Crippen molar-refractivity contribution in [2.45, 2.75) is 4.90 Å². The van der Waals surface area contributed by atoms with Gasteiger partial charge in [-0.1, -0.05) is 15.9 Å². The molecule has 0 aliphatic heterocycles. The van der Waals surface area contributed by atoms with Crippen LogP contribution in [0.1, 0.15) is 5.76 Å². The summed E-state index contributed by atoms with van der Waals surface area (Å²) >= 11 is 6.49. The minimum atomic E-state index is -4.01. The first-order valence-electron chi connectivity index (χ1n) is 7.89. The van der Waals surface area contributed by atoms with Gasteiger partial charge in [-0.15, -0.1) is 0 Å². The maximum absolute atomic E-state index is 12.7. The monoisotopic (exact) mass is 536 g/mol. The van der Waals surface area contributed by atoms with Crippen LogP contribution in [-0.4, -0.2) is 13.3 Å². The Morgan fingerprint density at radius 3 is 2.38 bits per heavy atom. The second-order valence-electron chi connectivity index (χ2n) is 5.70. The molecule has 29 heavy (non-hydrogen) atoms. The summed E-state index contributed by atoms with van der Waals surface area (Å²) in [7, 11) is -4.01. The van der Waals surface area contributed by atoms with Crippen LogP contribution in [0.5, 0.6) is 0 Å². The van der Waals surface area contributed by atoms with Crippen molar-refractivity contribution in [3.05, 3.63) is 84.3 Å². The summed E-state index contributed by atoms with van der Waals surface area (Å²) in [5.41, 5.74) is 0.462. The van der Waals surface area contributed by atoms with Crippen LogP contribution >= 0.6 is 31.9 Å². The highest BCUT2D eigenvalue weighted by molar-refractivity contribution is 9.10. The molecule has 1 heterocycles. The number of hydrogen-bond donors (Lipinski definition) is 0. The van der Waals surface area contributed by atoms with E-state index in [1.807, 2.05) is 0 Å². The number of furan rings is 1. The molecular weight excluding hydrogens is 528 g/mol. The fourth-order valence-electron chi connectivity index (χ4n) is 2.43. The Morgan fingerprint density at radius 1 is 1.10 bits per heavy atom. The van der Waals surface area contributed by atoms with E-state index in [1.165, 1.54) is 36.4 Å². The molecule has 1 aromatic heterocycles. The van der Waals surface area contributed by atoms with Crippen molar-refractivity contribution >= 4 is 53.5 Å². The van der Waals surface area contributed by atoms with Crippen LogP contribution in [0.4, 0.5) is 5.69 Å². The Bertz CT molecular complexity index is 1270. The number of benzene rings is 2. The summed E-state index contributed by atoms with van der Waals surface area (Å²) in [6.45, 7) is 0. The van der Waals surface area contributed by atoms with Gasteiger partial charge in [-0.05, 0) is 58.4 Å². The van der Waals surface area contributed by atoms with Crippen LogP contribution < -0.4 is 0 Å². The van der Waals surface area contributed by atoms with Gasteiger partial charge in [-0.25, -0.2) is 8.42 Å². The lowest BCUT2D eigenvalue weighted by Crippen LogP contribution is -2.03. The second-order valence-corrected chi connectivity index (χ2v) is 9.39. The third-order valence-corrected chi connectivity index (χ3v) is 6.72. The van der Waals surface area contributed by atoms with E-state index in [4.69, 9.17) is 4.42 Å². The average Bonchev–Trinajstić information content (AvgIpc) is 3.14. The highest BCUT2D eigenvalue weighted by atomic mass is 79.9. The van der Waals surface area contributed by atoms with Crippen molar-refractivity contribution < 1.29 is 17.8 Å². The number of sulfone groups is 1. The topological polar surface area (TPSA) is 114 Å². The summed E-state index contributed by atoms with van der Waals surface area (Å²) in [5, 5.41) is 20.2. The van der Waals surface area contributed by atoms with Crippen molar-refractivity contribution in [3.8, 4) is 17.4 Å². The lowest BCUT2D eigenvalue weighted by atomic mass is 10.1. The fraction of sp³-hybridized carbons (Fsp3) is 0. The SMILES string of the molecule is N#C/C(=C/c1ccc(-c2ccc([N+](=O)[O-])cc2Br)o1)S(=O)(=O)c1ccc(Br)cc1. The number of nitriles is 1. The molecule has 0 saturated heterocycles.